The standard InChI is InChI=1S/C19H26N8O/c1-15(2)25(3)13-18-22-23-24-27(18)14-19(28)20-9-17-10-21-26(12-17)11-16-7-5-4-6-8-16/h4-8,10,12,15H,9,11,13-14H2,1-3H3,(H,20,28). The first kappa shape index (κ1) is 19.7. The van der Waals surface area contributed by atoms with E-state index >= 15 is 0 Å². The fraction of sp³-hybridized carbons (Fsp3) is 0.421. The van der Waals surface area contributed by atoms with Crippen LogP contribution in [0.4, 0.5) is 0 Å². The molecule has 0 aliphatic rings. The number of tetrazole rings is 1. The number of rotatable bonds is 9. The Morgan fingerprint density at radius 1 is 1.21 bits per heavy atom. The molecule has 0 bridgehead atoms. The van der Waals surface area contributed by atoms with Crippen molar-refractivity contribution in [3.63, 3.8) is 0 Å². The van der Waals surface area contributed by atoms with Crippen molar-refractivity contribution in [2.24, 2.45) is 0 Å². The summed E-state index contributed by atoms with van der Waals surface area (Å²) in [4.78, 5) is 14.4. The summed E-state index contributed by atoms with van der Waals surface area (Å²) >= 11 is 0. The predicted octanol–water partition coefficient (Wildman–Crippen LogP) is 1.07. The average Bonchev–Trinajstić information content (AvgIpc) is 3.30. The van der Waals surface area contributed by atoms with Gasteiger partial charge in [0.05, 0.1) is 19.3 Å². The van der Waals surface area contributed by atoms with E-state index in [1.54, 1.807) is 6.20 Å². The first-order valence-electron chi connectivity index (χ1n) is 9.28. The first-order valence-corrected chi connectivity index (χ1v) is 9.28. The number of benzene rings is 1. The smallest absolute Gasteiger partial charge is 0.242 e. The highest BCUT2D eigenvalue weighted by Gasteiger charge is 2.14. The Labute approximate surface area is 164 Å². The lowest BCUT2D eigenvalue weighted by Crippen LogP contribution is -2.31. The van der Waals surface area contributed by atoms with Gasteiger partial charge < -0.3 is 5.32 Å². The minimum atomic E-state index is -0.142. The lowest BCUT2D eigenvalue weighted by molar-refractivity contribution is -0.122. The molecule has 3 rings (SSSR count). The molecule has 0 atom stereocenters. The number of carbonyl (C=O) groups excluding carboxylic acids is 1. The van der Waals surface area contributed by atoms with Gasteiger partial charge in [-0.1, -0.05) is 30.3 Å². The molecule has 0 aliphatic carbocycles. The molecule has 0 unspecified atom stereocenters. The maximum absolute atomic E-state index is 12.3. The predicted molar refractivity (Wildman–Crippen MR) is 104 cm³/mol. The molecule has 0 saturated heterocycles. The van der Waals surface area contributed by atoms with Crippen LogP contribution in [0.3, 0.4) is 0 Å². The Morgan fingerprint density at radius 3 is 2.75 bits per heavy atom. The van der Waals surface area contributed by atoms with Crippen molar-refractivity contribution in [3.8, 4) is 0 Å². The molecule has 9 heteroatoms. The van der Waals surface area contributed by atoms with Crippen LogP contribution in [0, 0.1) is 0 Å². The van der Waals surface area contributed by atoms with E-state index in [-0.39, 0.29) is 12.5 Å². The Kier molecular flexibility index (Phi) is 6.49. The molecule has 2 aromatic heterocycles. The molecule has 0 saturated carbocycles. The number of carbonyl (C=O) groups is 1. The summed E-state index contributed by atoms with van der Waals surface area (Å²) in [5.41, 5.74) is 2.12. The van der Waals surface area contributed by atoms with E-state index in [0.717, 1.165) is 5.56 Å². The Morgan fingerprint density at radius 2 is 2.00 bits per heavy atom. The quantitative estimate of drug-likeness (QED) is 0.595. The molecule has 1 amide bonds. The van der Waals surface area contributed by atoms with Crippen molar-refractivity contribution >= 4 is 5.91 Å². The highest BCUT2D eigenvalue weighted by Crippen LogP contribution is 2.05. The van der Waals surface area contributed by atoms with Crippen LogP contribution in [-0.2, 0) is 31.0 Å². The average molecular weight is 382 g/mol. The van der Waals surface area contributed by atoms with Gasteiger partial charge in [0.15, 0.2) is 5.82 Å². The van der Waals surface area contributed by atoms with Gasteiger partial charge in [-0.2, -0.15) is 5.10 Å². The summed E-state index contributed by atoms with van der Waals surface area (Å²) in [6.45, 7) is 5.98. The fourth-order valence-electron chi connectivity index (χ4n) is 2.61. The number of nitrogens with one attached hydrogen (secondary N) is 1. The van der Waals surface area contributed by atoms with Crippen molar-refractivity contribution < 1.29 is 4.79 Å². The second-order valence-corrected chi connectivity index (χ2v) is 7.07. The summed E-state index contributed by atoms with van der Waals surface area (Å²) in [5.74, 6) is 0.526. The van der Waals surface area contributed by atoms with Crippen LogP contribution in [0.5, 0.6) is 0 Å². The molecule has 9 nitrogen and oxygen atoms in total. The number of aromatic nitrogens is 6. The Balaban J connectivity index is 1.49. The summed E-state index contributed by atoms with van der Waals surface area (Å²) in [7, 11) is 2.00. The van der Waals surface area contributed by atoms with Gasteiger partial charge in [0, 0.05) is 24.3 Å². The SMILES string of the molecule is CC(C)N(C)Cc1nnnn1CC(=O)NCc1cnn(Cc2ccccc2)c1. The molecule has 0 aliphatic heterocycles. The maximum Gasteiger partial charge on any atom is 0.242 e. The van der Waals surface area contributed by atoms with Crippen molar-refractivity contribution in [1.29, 1.82) is 0 Å². The molecule has 0 spiro atoms. The molecule has 0 fully saturated rings. The van der Waals surface area contributed by atoms with E-state index < -0.39 is 0 Å². The van der Waals surface area contributed by atoms with Crippen molar-refractivity contribution in [2.75, 3.05) is 7.05 Å². The van der Waals surface area contributed by atoms with E-state index in [4.69, 9.17) is 0 Å². The zero-order chi connectivity index (χ0) is 19.9. The van der Waals surface area contributed by atoms with Crippen LogP contribution in [-0.4, -0.2) is 53.9 Å². The van der Waals surface area contributed by atoms with Gasteiger partial charge in [-0.3, -0.25) is 14.4 Å². The van der Waals surface area contributed by atoms with E-state index in [0.29, 0.717) is 31.5 Å². The van der Waals surface area contributed by atoms with Crippen molar-refractivity contribution in [3.05, 3.63) is 59.7 Å². The van der Waals surface area contributed by atoms with Gasteiger partial charge in [-0.25, -0.2) is 4.68 Å². The molecule has 0 radical (unpaired) electrons. The van der Waals surface area contributed by atoms with E-state index in [9.17, 15) is 4.79 Å². The minimum absolute atomic E-state index is 0.0897. The molecule has 2 heterocycles. The van der Waals surface area contributed by atoms with Crippen LogP contribution in [0.1, 0.15) is 30.8 Å². The van der Waals surface area contributed by atoms with E-state index in [1.807, 2.05) is 36.1 Å². The topological polar surface area (TPSA) is 93.8 Å². The highest BCUT2D eigenvalue weighted by molar-refractivity contribution is 5.75. The lowest BCUT2D eigenvalue weighted by atomic mass is 10.2. The monoisotopic (exact) mass is 382 g/mol. The number of hydrogen-bond donors (Lipinski definition) is 1. The van der Waals surface area contributed by atoms with Gasteiger partial charge in [0.2, 0.25) is 5.91 Å². The lowest BCUT2D eigenvalue weighted by Gasteiger charge is -2.19. The van der Waals surface area contributed by atoms with Crippen LogP contribution in [0.2, 0.25) is 0 Å². The zero-order valence-electron chi connectivity index (χ0n) is 16.5. The van der Waals surface area contributed by atoms with E-state index in [1.165, 1.54) is 10.2 Å². The number of nitrogens with zero attached hydrogens (tertiary/aromatic N) is 7. The van der Waals surface area contributed by atoms with Crippen molar-refractivity contribution in [2.45, 2.75) is 46.1 Å². The summed E-state index contributed by atoms with van der Waals surface area (Å²) in [6.07, 6.45) is 3.70. The van der Waals surface area contributed by atoms with Gasteiger partial charge in [0.1, 0.15) is 6.54 Å². The van der Waals surface area contributed by atoms with Gasteiger partial charge in [-0.15, -0.1) is 5.10 Å². The molecule has 1 aromatic carbocycles. The van der Waals surface area contributed by atoms with E-state index in [2.05, 4.69) is 56.8 Å². The molecular weight excluding hydrogens is 356 g/mol. The third-order valence-corrected chi connectivity index (χ3v) is 4.54. The molecule has 28 heavy (non-hydrogen) atoms. The fourth-order valence-corrected chi connectivity index (χ4v) is 2.61. The molecule has 148 valence electrons. The molecular formula is C19H26N8O. The highest BCUT2D eigenvalue weighted by atomic mass is 16.2. The normalized spacial score (nSPS) is 11.3. The first-order chi connectivity index (χ1) is 13.5. The van der Waals surface area contributed by atoms with Gasteiger partial charge >= 0.3 is 0 Å². The molecule has 3 aromatic rings. The van der Waals surface area contributed by atoms with Crippen LogP contribution in [0.25, 0.3) is 0 Å². The Bertz CT molecular complexity index is 886. The van der Waals surface area contributed by atoms with Crippen LogP contribution in [0.15, 0.2) is 42.7 Å². The summed E-state index contributed by atoms with van der Waals surface area (Å²) in [6, 6.07) is 10.5. The summed E-state index contributed by atoms with van der Waals surface area (Å²) < 4.78 is 3.39. The number of hydrogen-bond acceptors (Lipinski definition) is 6. The maximum atomic E-state index is 12.3. The van der Waals surface area contributed by atoms with Gasteiger partial charge in [-0.05, 0) is 36.9 Å². The zero-order valence-corrected chi connectivity index (χ0v) is 16.5. The minimum Gasteiger partial charge on any atom is -0.350 e. The third kappa shape index (κ3) is 5.46. The van der Waals surface area contributed by atoms with Crippen LogP contribution >= 0.6 is 0 Å². The van der Waals surface area contributed by atoms with Crippen LogP contribution < -0.4 is 5.32 Å². The second kappa shape index (κ2) is 9.23. The van der Waals surface area contributed by atoms with Gasteiger partial charge in [0.25, 0.3) is 0 Å². The number of amides is 1. The van der Waals surface area contributed by atoms with Crippen molar-refractivity contribution in [1.82, 2.24) is 40.2 Å². The Hall–Kier alpha value is -3.07. The largest absolute Gasteiger partial charge is 0.350 e. The third-order valence-electron chi connectivity index (χ3n) is 4.54. The molecule has 1 N–H and O–H groups in total. The second-order valence-electron chi connectivity index (χ2n) is 7.07. The summed E-state index contributed by atoms with van der Waals surface area (Å²) in [5, 5.41) is 18.9.